The van der Waals surface area contributed by atoms with Crippen molar-refractivity contribution in [1.82, 2.24) is 4.90 Å². The quantitative estimate of drug-likeness (QED) is 0.906. The Morgan fingerprint density at radius 1 is 1.45 bits per heavy atom. The van der Waals surface area contributed by atoms with E-state index in [4.69, 9.17) is 4.74 Å². The first-order chi connectivity index (χ1) is 10.4. The van der Waals surface area contributed by atoms with Crippen molar-refractivity contribution in [2.75, 3.05) is 25.6 Å². The van der Waals surface area contributed by atoms with Gasteiger partial charge in [0.2, 0.25) is 11.8 Å². The Labute approximate surface area is 131 Å². The van der Waals surface area contributed by atoms with Crippen LogP contribution in [0.25, 0.3) is 0 Å². The number of likely N-dealkylation sites (tertiary alicyclic amines) is 1. The molecule has 1 heterocycles. The smallest absolute Gasteiger partial charge is 0.229 e. The van der Waals surface area contributed by atoms with Gasteiger partial charge in [0, 0.05) is 25.8 Å². The van der Waals surface area contributed by atoms with Crippen LogP contribution in [0.3, 0.4) is 0 Å². The molecule has 120 valence electrons. The number of hydrogen-bond acceptors (Lipinski definition) is 3. The molecule has 1 aromatic carbocycles. The van der Waals surface area contributed by atoms with E-state index in [9.17, 15) is 9.59 Å². The summed E-state index contributed by atoms with van der Waals surface area (Å²) in [4.78, 5) is 26.2. The fraction of sp³-hybridized carbons (Fsp3) is 0.529. The Hall–Kier alpha value is -1.88. The third-order valence-electron chi connectivity index (χ3n) is 4.33. The number of methoxy groups -OCH3 is 1. The summed E-state index contributed by atoms with van der Waals surface area (Å²) in [5, 5.41) is 2.96. The summed E-state index contributed by atoms with van der Waals surface area (Å²) in [5.74, 6) is -0.369. The molecule has 0 spiro atoms. The minimum absolute atomic E-state index is 0.00370. The number of hydrogen-bond donors (Lipinski definition) is 1. The van der Waals surface area contributed by atoms with Crippen molar-refractivity contribution < 1.29 is 14.3 Å². The van der Waals surface area contributed by atoms with Crippen molar-refractivity contribution in [2.45, 2.75) is 33.2 Å². The number of nitrogens with one attached hydrogen (secondary N) is 1. The van der Waals surface area contributed by atoms with Crippen molar-refractivity contribution in [3.05, 3.63) is 29.3 Å². The SMILES string of the molecule is COC[C@H](C)N1C[C@@H](C(=O)Nc2cccc(C)c2C)CC1=O. The van der Waals surface area contributed by atoms with E-state index in [1.165, 1.54) is 0 Å². The first-order valence-electron chi connectivity index (χ1n) is 7.59. The molecule has 5 nitrogen and oxygen atoms in total. The highest BCUT2D eigenvalue weighted by Gasteiger charge is 2.36. The van der Waals surface area contributed by atoms with Gasteiger partial charge in [-0.3, -0.25) is 9.59 Å². The van der Waals surface area contributed by atoms with Crippen LogP contribution in [0.4, 0.5) is 5.69 Å². The summed E-state index contributed by atoms with van der Waals surface area (Å²) in [6.45, 7) is 6.87. The second kappa shape index (κ2) is 6.92. The Kier molecular flexibility index (Phi) is 5.19. The maximum absolute atomic E-state index is 12.4. The van der Waals surface area contributed by atoms with E-state index in [1.54, 1.807) is 12.0 Å². The number of carbonyl (C=O) groups is 2. The van der Waals surface area contributed by atoms with E-state index in [-0.39, 0.29) is 30.2 Å². The predicted molar refractivity (Wildman–Crippen MR) is 85.7 cm³/mol. The molecule has 1 aliphatic rings. The zero-order chi connectivity index (χ0) is 16.3. The Bertz CT molecular complexity index is 571. The summed E-state index contributed by atoms with van der Waals surface area (Å²) < 4.78 is 5.09. The van der Waals surface area contributed by atoms with Crippen LogP contribution in [-0.4, -0.2) is 43.0 Å². The zero-order valence-electron chi connectivity index (χ0n) is 13.7. The lowest BCUT2D eigenvalue weighted by Crippen LogP contribution is -2.38. The average Bonchev–Trinajstić information content (AvgIpc) is 2.86. The standard InChI is InChI=1S/C17H24N2O3/c1-11-6-5-7-15(13(11)3)18-17(21)14-8-16(20)19(9-14)12(2)10-22-4/h5-7,12,14H,8-10H2,1-4H3,(H,18,21)/t12-,14-/m0/s1. The predicted octanol–water partition coefficient (Wildman–Crippen LogP) is 2.13. The molecule has 0 aliphatic carbocycles. The van der Waals surface area contributed by atoms with Crippen LogP contribution in [0, 0.1) is 19.8 Å². The fourth-order valence-corrected chi connectivity index (χ4v) is 2.79. The molecule has 22 heavy (non-hydrogen) atoms. The van der Waals surface area contributed by atoms with E-state index < -0.39 is 0 Å². The van der Waals surface area contributed by atoms with Gasteiger partial charge in [-0.05, 0) is 38.0 Å². The van der Waals surface area contributed by atoms with Crippen molar-refractivity contribution in [3.63, 3.8) is 0 Å². The lowest BCUT2D eigenvalue weighted by atomic mass is 10.1. The molecule has 0 saturated carbocycles. The summed E-state index contributed by atoms with van der Waals surface area (Å²) in [6.07, 6.45) is 0.269. The number of amides is 2. The largest absolute Gasteiger partial charge is 0.383 e. The Balaban J connectivity index is 2.02. The molecule has 2 atom stereocenters. The molecule has 1 fully saturated rings. The van der Waals surface area contributed by atoms with Gasteiger partial charge in [0.05, 0.1) is 18.6 Å². The third kappa shape index (κ3) is 3.47. The molecule has 1 aliphatic heterocycles. The molecule has 0 bridgehead atoms. The molecule has 0 unspecified atom stereocenters. The number of ether oxygens (including phenoxy) is 1. The molecular formula is C17H24N2O3. The van der Waals surface area contributed by atoms with Crippen molar-refractivity contribution >= 4 is 17.5 Å². The molecule has 1 aromatic rings. The minimum Gasteiger partial charge on any atom is -0.383 e. The van der Waals surface area contributed by atoms with E-state index >= 15 is 0 Å². The van der Waals surface area contributed by atoms with Gasteiger partial charge in [-0.1, -0.05) is 12.1 Å². The molecule has 0 radical (unpaired) electrons. The van der Waals surface area contributed by atoms with Gasteiger partial charge in [-0.15, -0.1) is 0 Å². The average molecular weight is 304 g/mol. The van der Waals surface area contributed by atoms with Crippen LogP contribution in [0.5, 0.6) is 0 Å². The highest BCUT2D eigenvalue weighted by atomic mass is 16.5. The van der Waals surface area contributed by atoms with Crippen molar-refractivity contribution in [1.29, 1.82) is 0 Å². The molecule has 2 rings (SSSR count). The fourth-order valence-electron chi connectivity index (χ4n) is 2.79. The lowest BCUT2D eigenvalue weighted by molar-refractivity contribution is -0.130. The summed E-state index contributed by atoms with van der Waals surface area (Å²) in [5.41, 5.74) is 3.02. The Morgan fingerprint density at radius 3 is 2.86 bits per heavy atom. The van der Waals surface area contributed by atoms with Gasteiger partial charge in [0.25, 0.3) is 0 Å². The van der Waals surface area contributed by atoms with Gasteiger partial charge in [0.1, 0.15) is 0 Å². The van der Waals surface area contributed by atoms with Gasteiger partial charge in [-0.2, -0.15) is 0 Å². The third-order valence-corrected chi connectivity index (χ3v) is 4.33. The second-order valence-electron chi connectivity index (χ2n) is 5.99. The summed E-state index contributed by atoms with van der Waals surface area (Å²) in [7, 11) is 1.61. The summed E-state index contributed by atoms with van der Waals surface area (Å²) >= 11 is 0. The van der Waals surface area contributed by atoms with Crippen molar-refractivity contribution in [2.24, 2.45) is 5.92 Å². The highest BCUT2D eigenvalue weighted by Crippen LogP contribution is 2.24. The number of aryl methyl sites for hydroxylation is 1. The summed E-state index contributed by atoms with van der Waals surface area (Å²) in [6, 6.07) is 5.82. The van der Waals surface area contributed by atoms with Crippen LogP contribution in [0.1, 0.15) is 24.5 Å². The molecule has 0 aromatic heterocycles. The van der Waals surface area contributed by atoms with Crippen LogP contribution >= 0.6 is 0 Å². The first kappa shape index (κ1) is 16.5. The number of nitrogens with zero attached hydrogens (tertiary/aromatic N) is 1. The molecular weight excluding hydrogens is 280 g/mol. The molecule has 1 N–H and O–H groups in total. The topological polar surface area (TPSA) is 58.6 Å². The van der Waals surface area contributed by atoms with Crippen LogP contribution in [0.15, 0.2) is 18.2 Å². The monoisotopic (exact) mass is 304 g/mol. The van der Waals surface area contributed by atoms with Gasteiger partial charge in [-0.25, -0.2) is 0 Å². The highest BCUT2D eigenvalue weighted by molar-refractivity contribution is 5.97. The number of benzene rings is 1. The molecule has 2 amide bonds. The molecule has 1 saturated heterocycles. The van der Waals surface area contributed by atoms with E-state index in [1.807, 2.05) is 39.0 Å². The Morgan fingerprint density at radius 2 is 2.18 bits per heavy atom. The number of rotatable bonds is 5. The zero-order valence-corrected chi connectivity index (χ0v) is 13.7. The van der Waals surface area contributed by atoms with Crippen LogP contribution in [0.2, 0.25) is 0 Å². The van der Waals surface area contributed by atoms with Gasteiger partial charge >= 0.3 is 0 Å². The number of anilines is 1. The normalized spacial score (nSPS) is 19.4. The van der Waals surface area contributed by atoms with Crippen molar-refractivity contribution in [3.8, 4) is 0 Å². The maximum atomic E-state index is 12.4. The lowest BCUT2D eigenvalue weighted by Gasteiger charge is -2.24. The van der Waals surface area contributed by atoms with Crippen LogP contribution in [-0.2, 0) is 14.3 Å². The van der Waals surface area contributed by atoms with E-state index in [2.05, 4.69) is 5.32 Å². The van der Waals surface area contributed by atoms with E-state index in [0.29, 0.717) is 13.2 Å². The number of carbonyl (C=O) groups excluding carboxylic acids is 2. The minimum atomic E-state index is -0.299. The van der Waals surface area contributed by atoms with E-state index in [0.717, 1.165) is 16.8 Å². The van der Waals surface area contributed by atoms with Gasteiger partial charge < -0.3 is 15.0 Å². The molecule has 5 heteroatoms. The van der Waals surface area contributed by atoms with Crippen LogP contribution < -0.4 is 5.32 Å². The van der Waals surface area contributed by atoms with Gasteiger partial charge in [0.15, 0.2) is 0 Å². The second-order valence-corrected chi connectivity index (χ2v) is 5.99. The maximum Gasteiger partial charge on any atom is 0.229 e. The first-order valence-corrected chi connectivity index (χ1v) is 7.59.